The Balaban J connectivity index is 1.66. The Labute approximate surface area is 170 Å². The molecule has 29 heavy (non-hydrogen) atoms. The van der Waals surface area contributed by atoms with E-state index in [9.17, 15) is 31.6 Å². The smallest absolute Gasteiger partial charge is 0.292 e. The Morgan fingerprint density at radius 2 is 1.79 bits per heavy atom. The SMILES string of the molecule is CS(=O)(=O)N1CCN(CC(=O)N2C(=O)S/C(=C\c3ccc(F)c(F)c3)C2=O)CC1. The Morgan fingerprint density at radius 1 is 1.14 bits per heavy atom. The third-order valence-corrected chi connectivity index (χ3v) is 6.62. The van der Waals surface area contributed by atoms with Crippen LogP contribution in [0.3, 0.4) is 0 Å². The van der Waals surface area contributed by atoms with Crippen molar-refractivity contribution >= 4 is 44.9 Å². The molecule has 0 aromatic heterocycles. The number of amides is 3. The van der Waals surface area contributed by atoms with E-state index in [1.807, 2.05) is 0 Å². The molecule has 1 aromatic carbocycles. The number of halogens is 2. The van der Waals surface area contributed by atoms with Crippen molar-refractivity contribution in [2.75, 3.05) is 39.0 Å². The number of carbonyl (C=O) groups excluding carboxylic acids is 3. The zero-order valence-corrected chi connectivity index (χ0v) is 16.9. The number of hydrogen-bond acceptors (Lipinski definition) is 7. The highest BCUT2D eigenvalue weighted by molar-refractivity contribution is 8.18. The highest BCUT2D eigenvalue weighted by Gasteiger charge is 2.40. The maximum Gasteiger partial charge on any atom is 0.300 e. The van der Waals surface area contributed by atoms with E-state index in [0.717, 1.165) is 18.4 Å². The lowest BCUT2D eigenvalue weighted by atomic mass is 10.2. The number of rotatable bonds is 4. The lowest BCUT2D eigenvalue weighted by molar-refractivity contribution is -0.138. The van der Waals surface area contributed by atoms with Gasteiger partial charge in [0.25, 0.3) is 17.1 Å². The molecule has 8 nitrogen and oxygen atoms in total. The van der Waals surface area contributed by atoms with E-state index in [-0.39, 0.29) is 30.1 Å². The zero-order chi connectivity index (χ0) is 21.3. The van der Waals surface area contributed by atoms with Gasteiger partial charge < -0.3 is 0 Å². The number of hydrogen-bond donors (Lipinski definition) is 0. The van der Waals surface area contributed by atoms with Gasteiger partial charge in [0.05, 0.1) is 17.7 Å². The maximum absolute atomic E-state index is 13.3. The van der Waals surface area contributed by atoms with Gasteiger partial charge in [0.15, 0.2) is 11.6 Å². The number of benzene rings is 1. The minimum atomic E-state index is -3.31. The van der Waals surface area contributed by atoms with E-state index in [1.54, 1.807) is 4.90 Å². The van der Waals surface area contributed by atoms with Gasteiger partial charge in [0, 0.05) is 26.2 Å². The molecule has 3 amide bonds. The number of thioether (sulfide) groups is 1. The molecule has 2 saturated heterocycles. The first kappa shape index (κ1) is 21.6. The minimum absolute atomic E-state index is 0.0729. The second-order valence-corrected chi connectivity index (χ2v) is 9.50. The van der Waals surface area contributed by atoms with E-state index in [2.05, 4.69) is 0 Å². The Morgan fingerprint density at radius 3 is 2.38 bits per heavy atom. The van der Waals surface area contributed by atoms with Crippen LogP contribution >= 0.6 is 11.8 Å². The van der Waals surface area contributed by atoms with Crippen molar-refractivity contribution < 1.29 is 31.6 Å². The van der Waals surface area contributed by atoms with E-state index < -0.39 is 38.7 Å². The highest BCUT2D eigenvalue weighted by atomic mass is 32.2. The van der Waals surface area contributed by atoms with Gasteiger partial charge >= 0.3 is 0 Å². The lowest BCUT2D eigenvalue weighted by Crippen LogP contribution is -2.51. The molecule has 1 aromatic rings. The van der Waals surface area contributed by atoms with Crippen molar-refractivity contribution in [3.8, 4) is 0 Å². The Bertz CT molecular complexity index is 1000. The van der Waals surface area contributed by atoms with Crippen molar-refractivity contribution in [1.82, 2.24) is 14.1 Å². The summed E-state index contributed by atoms with van der Waals surface area (Å²) in [6, 6.07) is 3.02. The number of piperazine rings is 1. The summed E-state index contributed by atoms with van der Waals surface area (Å²) in [5.41, 5.74) is 0.179. The van der Waals surface area contributed by atoms with Gasteiger partial charge in [-0.3, -0.25) is 19.3 Å². The van der Waals surface area contributed by atoms with Crippen LogP contribution in [0.25, 0.3) is 6.08 Å². The summed E-state index contributed by atoms with van der Waals surface area (Å²) in [4.78, 5) is 39.2. The molecule has 0 unspecified atom stereocenters. The normalized spacial score (nSPS) is 20.7. The molecule has 2 heterocycles. The molecule has 0 N–H and O–H groups in total. The number of nitrogens with zero attached hydrogens (tertiary/aromatic N) is 3. The van der Waals surface area contributed by atoms with Gasteiger partial charge in [-0.25, -0.2) is 22.1 Å². The van der Waals surface area contributed by atoms with Crippen LogP contribution in [0, 0.1) is 11.6 Å². The fourth-order valence-corrected chi connectivity index (χ4v) is 4.58. The summed E-state index contributed by atoms with van der Waals surface area (Å²) in [6.07, 6.45) is 2.32. The largest absolute Gasteiger partial charge is 0.300 e. The molecule has 12 heteroatoms. The van der Waals surface area contributed by atoms with Crippen LogP contribution in [0.1, 0.15) is 5.56 Å². The van der Waals surface area contributed by atoms with E-state index >= 15 is 0 Å². The molecule has 0 aliphatic carbocycles. The molecular weight excluding hydrogens is 428 g/mol. The van der Waals surface area contributed by atoms with E-state index in [4.69, 9.17) is 0 Å². The fraction of sp³-hybridized carbons (Fsp3) is 0.353. The third-order valence-electron chi connectivity index (χ3n) is 4.44. The molecule has 0 spiro atoms. The Hall–Kier alpha value is -2.15. The van der Waals surface area contributed by atoms with Crippen LogP contribution in [0.5, 0.6) is 0 Å². The summed E-state index contributed by atoms with van der Waals surface area (Å²) < 4.78 is 50.7. The average molecular weight is 445 g/mol. The van der Waals surface area contributed by atoms with E-state index in [0.29, 0.717) is 29.8 Å². The predicted octanol–water partition coefficient (Wildman–Crippen LogP) is 1.10. The summed E-state index contributed by atoms with van der Waals surface area (Å²) in [5.74, 6) is -3.69. The summed E-state index contributed by atoms with van der Waals surface area (Å²) in [7, 11) is -3.31. The van der Waals surface area contributed by atoms with Crippen LogP contribution in [-0.2, 0) is 19.6 Å². The molecule has 0 atom stereocenters. The summed E-state index contributed by atoms with van der Waals surface area (Å²) in [6.45, 7) is 0.793. The number of sulfonamides is 1. The minimum Gasteiger partial charge on any atom is -0.292 e. The van der Waals surface area contributed by atoms with Crippen LogP contribution in [0.2, 0.25) is 0 Å². The number of imide groups is 3. The monoisotopic (exact) mass is 445 g/mol. The van der Waals surface area contributed by atoms with Gasteiger partial charge in [0.2, 0.25) is 10.0 Å². The van der Waals surface area contributed by atoms with Crippen molar-refractivity contribution in [2.24, 2.45) is 0 Å². The molecule has 3 rings (SSSR count). The van der Waals surface area contributed by atoms with Crippen LogP contribution < -0.4 is 0 Å². The Kier molecular flexibility index (Phi) is 6.17. The first-order valence-corrected chi connectivity index (χ1v) is 11.2. The molecule has 156 valence electrons. The quantitative estimate of drug-likeness (QED) is 0.641. The first-order valence-electron chi connectivity index (χ1n) is 8.49. The zero-order valence-electron chi connectivity index (χ0n) is 15.3. The summed E-state index contributed by atoms with van der Waals surface area (Å²) in [5, 5.41) is -0.774. The van der Waals surface area contributed by atoms with Crippen LogP contribution in [-0.4, -0.2) is 78.6 Å². The molecule has 0 bridgehead atoms. The second-order valence-electron chi connectivity index (χ2n) is 6.52. The van der Waals surface area contributed by atoms with Gasteiger partial charge in [-0.15, -0.1) is 0 Å². The lowest BCUT2D eigenvalue weighted by Gasteiger charge is -2.33. The number of carbonyl (C=O) groups is 3. The second kappa shape index (κ2) is 8.30. The average Bonchev–Trinajstić information content (AvgIpc) is 2.91. The van der Waals surface area contributed by atoms with Crippen LogP contribution in [0.15, 0.2) is 23.1 Å². The van der Waals surface area contributed by atoms with Gasteiger partial charge in [-0.2, -0.15) is 4.31 Å². The van der Waals surface area contributed by atoms with Crippen LogP contribution in [0.4, 0.5) is 13.6 Å². The fourth-order valence-electron chi connectivity index (χ4n) is 2.92. The standard InChI is InChI=1S/C17H17F2N3O5S2/c1-29(26,27)21-6-4-20(5-7-21)10-15(23)22-16(24)14(28-17(22)25)9-11-2-3-12(18)13(19)8-11/h2-3,8-9H,4-7,10H2,1H3/b14-9-. The highest BCUT2D eigenvalue weighted by Crippen LogP contribution is 2.32. The molecular formula is C17H17F2N3O5S2. The molecule has 0 radical (unpaired) electrons. The summed E-state index contributed by atoms with van der Waals surface area (Å²) >= 11 is 0.536. The van der Waals surface area contributed by atoms with Crippen molar-refractivity contribution in [2.45, 2.75) is 0 Å². The molecule has 2 aliphatic heterocycles. The van der Waals surface area contributed by atoms with Crippen molar-refractivity contribution in [3.05, 3.63) is 40.3 Å². The van der Waals surface area contributed by atoms with Gasteiger partial charge in [0.1, 0.15) is 0 Å². The van der Waals surface area contributed by atoms with Gasteiger partial charge in [-0.05, 0) is 35.5 Å². The predicted molar refractivity (Wildman–Crippen MR) is 102 cm³/mol. The molecule has 2 aliphatic rings. The molecule has 2 fully saturated rings. The van der Waals surface area contributed by atoms with E-state index in [1.165, 1.54) is 16.4 Å². The third kappa shape index (κ3) is 4.89. The first-order chi connectivity index (χ1) is 13.6. The van der Waals surface area contributed by atoms with Crippen molar-refractivity contribution in [1.29, 1.82) is 0 Å². The molecule has 0 saturated carbocycles. The maximum atomic E-state index is 13.3. The van der Waals surface area contributed by atoms with Gasteiger partial charge in [-0.1, -0.05) is 6.07 Å². The van der Waals surface area contributed by atoms with Crippen molar-refractivity contribution in [3.63, 3.8) is 0 Å². The topological polar surface area (TPSA) is 95.1 Å².